The lowest BCUT2D eigenvalue weighted by Gasteiger charge is -2.32. The number of nitrogens with zero attached hydrogens (tertiary/aromatic N) is 5. The molecule has 0 unspecified atom stereocenters. The van der Waals surface area contributed by atoms with Crippen molar-refractivity contribution in [3.05, 3.63) is 11.8 Å². The van der Waals surface area contributed by atoms with Gasteiger partial charge in [-0.1, -0.05) is 0 Å². The van der Waals surface area contributed by atoms with Crippen LogP contribution >= 0.6 is 0 Å². The lowest BCUT2D eigenvalue weighted by molar-refractivity contribution is -0.127. The van der Waals surface area contributed by atoms with Crippen LogP contribution in [0.1, 0.15) is 10.4 Å². The summed E-state index contributed by atoms with van der Waals surface area (Å²) in [6.07, 6.45) is 1.58. The molecule has 128 valence electrons. The highest BCUT2D eigenvalue weighted by molar-refractivity contribution is 5.98. The van der Waals surface area contributed by atoms with Gasteiger partial charge in [0, 0.05) is 46.5 Å². The van der Waals surface area contributed by atoms with Crippen molar-refractivity contribution in [2.45, 2.75) is 0 Å². The molecule has 0 bridgehead atoms. The maximum Gasteiger partial charge on any atom is 0.261 e. The van der Waals surface area contributed by atoms with Crippen molar-refractivity contribution >= 4 is 11.8 Å². The molecular formula is C14H24N6O3. The minimum Gasteiger partial charge on any atom is -0.479 e. The summed E-state index contributed by atoms with van der Waals surface area (Å²) in [6.45, 7) is 3.33. The zero-order chi connectivity index (χ0) is 17.0. The maximum absolute atomic E-state index is 12.4. The number of carbonyl (C=O) groups is 2. The molecule has 1 fully saturated rings. The second kappa shape index (κ2) is 7.42. The standard InChI is InChI=1S/C14H24N6O3/c1-17-5-7-20(8-6-17)15-12(21)10-18(2)14(22)11-9-19(3)16-13(11)23-4/h9H,5-8,10H2,1-4H3,(H,15,21). The van der Waals surface area contributed by atoms with Gasteiger partial charge < -0.3 is 14.5 Å². The Bertz CT molecular complexity index is 565. The molecule has 2 amide bonds. The van der Waals surface area contributed by atoms with Crippen molar-refractivity contribution in [3.8, 4) is 5.88 Å². The monoisotopic (exact) mass is 324 g/mol. The highest BCUT2D eigenvalue weighted by atomic mass is 16.5. The number of rotatable bonds is 5. The van der Waals surface area contributed by atoms with Gasteiger partial charge in [-0.05, 0) is 7.05 Å². The van der Waals surface area contributed by atoms with Crippen LogP contribution in [-0.2, 0) is 11.8 Å². The van der Waals surface area contributed by atoms with Gasteiger partial charge in [0.1, 0.15) is 12.1 Å². The fraction of sp³-hybridized carbons (Fsp3) is 0.643. The summed E-state index contributed by atoms with van der Waals surface area (Å²) >= 11 is 0. The van der Waals surface area contributed by atoms with Gasteiger partial charge in [-0.25, -0.2) is 5.01 Å². The number of hydrogen-bond donors (Lipinski definition) is 1. The average Bonchev–Trinajstić information content (AvgIpc) is 2.89. The van der Waals surface area contributed by atoms with Crippen molar-refractivity contribution in [2.75, 3.05) is 53.9 Å². The number of hydrazine groups is 1. The van der Waals surface area contributed by atoms with E-state index in [2.05, 4.69) is 15.4 Å². The van der Waals surface area contributed by atoms with E-state index in [9.17, 15) is 9.59 Å². The van der Waals surface area contributed by atoms with Gasteiger partial charge >= 0.3 is 0 Å². The molecule has 23 heavy (non-hydrogen) atoms. The summed E-state index contributed by atoms with van der Waals surface area (Å²) in [4.78, 5) is 28.0. The summed E-state index contributed by atoms with van der Waals surface area (Å²) in [5, 5.41) is 5.93. The molecule has 2 rings (SSSR count). The Morgan fingerprint density at radius 2 is 1.96 bits per heavy atom. The molecule has 1 aliphatic heterocycles. The Balaban J connectivity index is 1.89. The van der Waals surface area contributed by atoms with Crippen molar-refractivity contribution in [3.63, 3.8) is 0 Å². The van der Waals surface area contributed by atoms with Gasteiger partial charge in [0.2, 0.25) is 5.88 Å². The normalized spacial score (nSPS) is 16.2. The highest BCUT2D eigenvalue weighted by Crippen LogP contribution is 2.16. The van der Waals surface area contributed by atoms with E-state index in [1.807, 2.05) is 12.1 Å². The first-order chi connectivity index (χ1) is 10.9. The Morgan fingerprint density at radius 3 is 2.57 bits per heavy atom. The number of aromatic nitrogens is 2. The van der Waals surface area contributed by atoms with Gasteiger partial charge in [-0.2, -0.15) is 0 Å². The molecule has 2 heterocycles. The molecule has 0 saturated carbocycles. The van der Waals surface area contributed by atoms with E-state index in [0.29, 0.717) is 5.56 Å². The van der Waals surface area contributed by atoms with Crippen LogP contribution in [0.15, 0.2) is 6.20 Å². The van der Waals surface area contributed by atoms with E-state index >= 15 is 0 Å². The first-order valence-corrected chi connectivity index (χ1v) is 7.46. The number of carbonyl (C=O) groups excluding carboxylic acids is 2. The number of piperazine rings is 1. The zero-order valence-corrected chi connectivity index (χ0v) is 14.1. The minimum atomic E-state index is -0.302. The van der Waals surface area contributed by atoms with Gasteiger partial charge in [0.05, 0.1) is 7.11 Å². The van der Waals surface area contributed by atoms with Crippen LogP contribution in [0.2, 0.25) is 0 Å². The summed E-state index contributed by atoms with van der Waals surface area (Å²) in [5.74, 6) is -0.263. The smallest absolute Gasteiger partial charge is 0.261 e. The van der Waals surface area contributed by atoms with Crippen LogP contribution in [0.3, 0.4) is 0 Å². The molecule has 0 atom stereocenters. The lowest BCUT2D eigenvalue weighted by Crippen LogP contribution is -2.54. The molecule has 1 aromatic rings. The molecule has 0 radical (unpaired) electrons. The van der Waals surface area contributed by atoms with Gasteiger partial charge in [-0.15, -0.1) is 5.10 Å². The molecule has 0 aromatic carbocycles. The van der Waals surface area contributed by atoms with Crippen LogP contribution < -0.4 is 10.2 Å². The third kappa shape index (κ3) is 4.42. The quantitative estimate of drug-likeness (QED) is 0.731. The predicted molar refractivity (Wildman–Crippen MR) is 83.9 cm³/mol. The number of amides is 2. The summed E-state index contributed by atoms with van der Waals surface area (Å²) < 4.78 is 6.59. The van der Waals surface area contributed by atoms with Crippen molar-refractivity contribution in [1.82, 2.24) is 30.0 Å². The second-order valence-electron chi connectivity index (χ2n) is 5.71. The topological polar surface area (TPSA) is 82.9 Å². The number of ether oxygens (including phenoxy) is 1. The molecule has 1 N–H and O–H groups in total. The number of hydrogen-bond acceptors (Lipinski definition) is 6. The third-order valence-electron chi connectivity index (χ3n) is 3.73. The SMILES string of the molecule is COc1nn(C)cc1C(=O)N(C)CC(=O)NN1CCN(C)CC1. The van der Waals surface area contributed by atoms with Gasteiger partial charge in [0.25, 0.3) is 11.8 Å². The number of nitrogens with one attached hydrogen (secondary N) is 1. The van der Waals surface area contributed by atoms with Gasteiger partial charge in [-0.3, -0.25) is 19.7 Å². The molecule has 1 aromatic heterocycles. The summed E-state index contributed by atoms with van der Waals surface area (Å²) in [7, 11) is 6.80. The van der Waals surface area contributed by atoms with E-state index in [1.165, 1.54) is 16.7 Å². The van der Waals surface area contributed by atoms with Crippen molar-refractivity contribution in [2.24, 2.45) is 7.05 Å². The van der Waals surface area contributed by atoms with Crippen LogP contribution in [0.5, 0.6) is 5.88 Å². The highest BCUT2D eigenvalue weighted by Gasteiger charge is 2.23. The number of likely N-dealkylation sites (N-methyl/N-ethyl adjacent to an activating group) is 2. The summed E-state index contributed by atoms with van der Waals surface area (Å²) in [5.41, 5.74) is 3.17. The van der Waals surface area contributed by atoms with E-state index in [0.717, 1.165) is 26.2 Å². The first kappa shape index (κ1) is 17.2. The Morgan fingerprint density at radius 1 is 1.30 bits per heavy atom. The zero-order valence-electron chi connectivity index (χ0n) is 14.1. The summed E-state index contributed by atoms with van der Waals surface area (Å²) in [6, 6.07) is 0. The van der Waals surface area contributed by atoms with Crippen LogP contribution in [-0.4, -0.2) is 90.3 Å². The van der Waals surface area contributed by atoms with E-state index in [1.54, 1.807) is 20.3 Å². The fourth-order valence-electron chi connectivity index (χ4n) is 2.39. The maximum atomic E-state index is 12.4. The van der Waals surface area contributed by atoms with Crippen molar-refractivity contribution < 1.29 is 14.3 Å². The first-order valence-electron chi connectivity index (χ1n) is 7.46. The predicted octanol–water partition coefficient (Wildman–Crippen LogP) is -1.22. The fourth-order valence-corrected chi connectivity index (χ4v) is 2.39. The number of methoxy groups -OCH3 is 1. The molecule has 0 spiro atoms. The second-order valence-corrected chi connectivity index (χ2v) is 5.71. The largest absolute Gasteiger partial charge is 0.479 e. The lowest BCUT2D eigenvalue weighted by atomic mass is 10.3. The number of aryl methyl sites for hydroxylation is 1. The average molecular weight is 324 g/mol. The van der Waals surface area contributed by atoms with E-state index in [-0.39, 0.29) is 24.2 Å². The molecule has 9 nitrogen and oxygen atoms in total. The molecular weight excluding hydrogens is 300 g/mol. The minimum absolute atomic E-state index is 0.0246. The Labute approximate surface area is 135 Å². The van der Waals surface area contributed by atoms with Gasteiger partial charge in [0.15, 0.2) is 0 Å². The van der Waals surface area contributed by atoms with E-state index in [4.69, 9.17) is 4.74 Å². The van der Waals surface area contributed by atoms with E-state index < -0.39 is 0 Å². The molecule has 1 saturated heterocycles. The third-order valence-corrected chi connectivity index (χ3v) is 3.73. The van der Waals surface area contributed by atoms with Crippen molar-refractivity contribution in [1.29, 1.82) is 0 Å². The molecule has 1 aliphatic rings. The molecule has 9 heteroatoms. The van der Waals surface area contributed by atoms with Crippen LogP contribution in [0.25, 0.3) is 0 Å². The Hall–Kier alpha value is -2.13. The Kier molecular flexibility index (Phi) is 5.56. The van der Waals surface area contributed by atoms with Crippen LogP contribution in [0, 0.1) is 0 Å². The van der Waals surface area contributed by atoms with Crippen LogP contribution in [0.4, 0.5) is 0 Å². The molecule has 0 aliphatic carbocycles.